The Hall–Kier alpha value is -2.67. The Balaban J connectivity index is 1.34. The number of anilines is 1. The minimum absolute atomic E-state index is 0.0424. The van der Waals surface area contributed by atoms with E-state index in [1.807, 2.05) is 18.2 Å². The first-order valence-corrected chi connectivity index (χ1v) is 9.54. The fourth-order valence-corrected chi connectivity index (χ4v) is 3.37. The van der Waals surface area contributed by atoms with Crippen molar-refractivity contribution >= 4 is 11.6 Å². The molecule has 1 saturated heterocycles. The molecule has 0 bridgehead atoms. The van der Waals surface area contributed by atoms with E-state index in [-0.39, 0.29) is 11.7 Å². The zero-order chi connectivity index (χ0) is 19.8. The van der Waals surface area contributed by atoms with Crippen molar-refractivity contribution in [3.8, 4) is 5.75 Å². The van der Waals surface area contributed by atoms with Crippen LogP contribution in [-0.4, -0.2) is 51.8 Å². The molecule has 5 nitrogen and oxygen atoms in total. The predicted molar refractivity (Wildman–Crippen MR) is 104 cm³/mol. The third-order valence-electron chi connectivity index (χ3n) is 4.89. The molecule has 0 radical (unpaired) electrons. The molecule has 1 aliphatic heterocycles. The molecule has 0 spiro atoms. The van der Waals surface area contributed by atoms with E-state index in [1.165, 1.54) is 22.7 Å². The lowest BCUT2D eigenvalue weighted by Crippen LogP contribution is -3.16. The van der Waals surface area contributed by atoms with E-state index in [0.29, 0.717) is 19.5 Å². The maximum atomic E-state index is 12.2. The monoisotopic (exact) mass is 390 g/mol. The summed E-state index contributed by atoms with van der Waals surface area (Å²) in [5.41, 5.74) is 2.20. The van der Waals surface area contributed by atoms with Gasteiger partial charge in [0.2, 0.25) is 0 Å². The van der Waals surface area contributed by atoms with Crippen LogP contribution in [0.3, 0.4) is 0 Å². The number of alkyl halides is 2. The van der Waals surface area contributed by atoms with Crippen molar-refractivity contribution in [1.29, 1.82) is 0 Å². The van der Waals surface area contributed by atoms with E-state index < -0.39 is 6.61 Å². The molecule has 1 amide bonds. The highest BCUT2D eigenvalue weighted by molar-refractivity contribution is 5.76. The van der Waals surface area contributed by atoms with E-state index in [9.17, 15) is 13.6 Å². The van der Waals surface area contributed by atoms with Crippen molar-refractivity contribution in [2.45, 2.75) is 13.0 Å². The van der Waals surface area contributed by atoms with Crippen LogP contribution in [0.25, 0.3) is 0 Å². The van der Waals surface area contributed by atoms with Gasteiger partial charge in [-0.05, 0) is 36.2 Å². The van der Waals surface area contributed by atoms with E-state index in [4.69, 9.17) is 0 Å². The maximum Gasteiger partial charge on any atom is 0.387 e. The molecule has 150 valence electrons. The Morgan fingerprint density at radius 2 is 1.75 bits per heavy atom. The van der Waals surface area contributed by atoms with Gasteiger partial charge in [-0.15, -0.1) is 0 Å². The normalized spacial score (nSPS) is 14.9. The summed E-state index contributed by atoms with van der Waals surface area (Å²) in [5.74, 6) is 0.182. The van der Waals surface area contributed by atoms with Crippen molar-refractivity contribution in [3.05, 3.63) is 60.2 Å². The molecule has 3 rings (SSSR count). The molecule has 2 aromatic carbocycles. The summed E-state index contributed by atoms with van der Waals surface area (Å²) in [6.07, 6.45) is 0.651. The second-order valence-electron chi connectivity index (χ2n) is 6.87. The molecule has 0 aliphatic carbocycles. The van der Waals surface area contributed by atoms with Gasteiger partial charge in [0.15, 0.2) is 6.54 Å². The van der Waals surface area contributed by atoms with Crippen LogP contribution >= 0.6 is 0 Å². The highest BCUT2D eigenvalue weighted by Crippen LogP contribution is 2.15. The molecular formula is C21H26F2N3O2+. The predicted octanol–water partition coefficient (Wildman–Crippen LogP) is 1.35. The van der Waals surface area contributed by atoms with Crippen molar-refractivity contribution in [1.82, 2.24) is 5.32 Å². The molecule has 1 heterocycles. The largest absolute Gasteiger partial charge is 0.435 e. The summed E-state index contributed by atoms with van der Waals surface area (Å²) in [4.78, 5) is 15.8. The van der Waals surface area contributed by atoms with Crippen LogP contribution in [0.15, 0.2) is 54.6 Å². The number of hydrogen-bond acceptors (Lipinski definition) is 3. The minimum atomic E-state index is -2.82. The van der Waals surface area contributed by atoms with Gasteiger partial charge >= 0.3 is 6.61 Å². The number of nitrogens with one attached hydrogen (secondary N) is 2. The summed E-state index contributed by atoms with van der Waals surface area (Å²) >= 11 is 0. The lowest BCUT2D eigenvalue weighted by atomic mass is 10.1. The van der Waals surface area contributed by atoms with Crippen LogP contribution in [0.5, 0.6) is 5.75 Å². The number of rotatable bonds is 8. The minimum Gasteiger partial charge on any atom is -0.435 e. The number of piperazine rings is 1. The molecule has 0 saturated carbocycles. The van der Waals surface area contributed by atoms with Crippen LogP contribution in [0.1, 0.15) is 5.56 Å². The number of amides is 1. The van der Waals surface area contributed by atoms with Crippen molar-refractivity contribution < 1.29 is 23.2 Å². The third kappa shape index (κ3) is 6.20. The van der Waals surface area contributed by atoms with Crippen LogP contribution in [0.2, 0.25) is 0 Å². The molecule has 2 N–H and O–H groups in total. The van der Waals surface area contributed by atoms with Gasteiger partial charge in [0, 0.05) is 12.2 Å². The highest BCUT2D eigenvalue weighted by atomic mass is 19.3. The highest BCUT2D eigenvalue weighted by Gasteiger charge is 2.22. The van der Waals surface area contributed by atoms with Crippen molar-refractivity contribution in [3.63, 3.8) is 0 Å². The quantitative estimate of drug-likeness (QED) is 0.715. The first-order chi connectivity index (χ1) is 13.6. The first-order valence-electron chi connectivity index (χ1n) is 9.54. The number of quaternary nitrogens is 1. The molecule has 28 heavy (non-hydrogen) atoms. The fraction of sp³-hybridized carbons (Fsp3) is 0.381. The van der Waals surface area contributed by atoms with Crippen LogP contribution in [0, 0.1) is 0 Å². The number of nitrogens with zero attached hydrogens (tertiary/aromatic N) is 1. The SMILES string of the molecule is O=C(C[NH+]1CCN(c2ccccc2)CC1)NCCc1ccc(OC(F)F)cc1. The second kappa shape index (κ2) is 10.0. The summed E-state index contributed by atoms with van der Waals surface area (Å²) in [7, 11) is 0. The number of benzene rings is 2. The van der Waals surface area contributed by atoms with Gasteiger partial charge in [-0.25, -0.2) is 0 Å². The number of ether oxygens (including phenoxy) is 1. The van der Waals surface area contributed by atoms with Crippen LogP contribution in [0.4, 0.5) is 14.5 Å². The number of carbonyl (C=O) groups is 1. The Bertz CT molecular complexity index is 733. The zero-order valence-electron chi connectivity index (χ0n) is 15.7. The second-order valence-corrected chi connectivity index (χ2v) is 6.87. The molecular weight excluding hydrogens is 364 g/mol. The molecule has 1 aliphatic rings. The topological polar surface area (TPSA) is 46.0 Å². The van der Waals surface area contributed by atoms with Gasteiger partial charge in [0.1, 0.15) is 5.75 Å². The Kier molecular flexibility index (Phi) is 7.19. The molecule has 7 heteroatoms. The summed E-state index contributed by atoms with van der Waals surface area (Å²) in [6.45, 7) is 1.95. The van der Waals surface area contributed by atoms with Gasteiger partial charge in [-0.2, -0.15) is 8.78 Å². The van der Waals surface area contributed by atoms with Gasteiger partial charge in [0.25, 0.3) is 5.91 Å². The first kappa shape index (κ1) is 20.1. The summed E-state index contributed by atoms with van der Waals surface area (Å²) < 4.78 is 28.6. The van der Waals surface area contributed by atoms with Gasteiger partial charge in [0.05, 0.1) is 26.2 Å². The average Bonchev–Trinajstić information content (AvgIpc) is 2.70. The van der Waals surface area contributed by atoms with Gasteiger partial charge < -0.3 is 19.9 Å². The smallest absolute Gasteiger partial charge is 0.387 e. The molecule has 0 aromatic heterocycles. The van der Waals surface area contributed by atoms with Crippen LogP contribution in [-0.2, 0) is 11.2 Å². The lowest BCUT2D eigenvalue weighted by Gasteiger charge is -2.33. The maximum absolute atomic E-state index is 12.2. The fourth-order valence-electron chi connectivity index (χ4n) is 3.37. The van der Waals surface area contributed by atoms with Crippen molar-refractivity contribution in [2.75, 3.05) is 44.2 Å². The van der Waals surface area contributed by atoms with Gasteiger partial charge in [-0.1, -0.05) is 30.3 Å². The number of para-hydroxylation sites is 1. The Morgan fingerprint density at radius 3 is 2.39 bits per heavy atom. The number of halogens is 2. The van der Waals surface area contributed by atoms with E-state index >= 15 is 0 Å². The standard InChI is InChI=1S/C21H25F2N3O2/c22-21(23)28-19-8-6-17(7-9-19)10-11-24-20(27)16-25-12-14-26(15-13-25)18-4-2-1-3-5-18/h1-9,21H,10-16H2,(H,24,27)/p+1. The summed E-state index contributed by atoms with van der Waals surface area (Å²) in [5, 5.41) is 2.94. The number of carbonyl (C=O) groups excluding carboxylic acids is 1. The lowest BCUT2D eigenvalue weighted by molar-refractivity contribution is -0.892. The molecule has 2 aromatic rings. The van der Waals surface area contributed by atoms with Gasteiger partial charge in [-0.3, -0.25) is 4.79 Å². The Morgan fingerprint density at radius 1 is 1.07 bits per heavy atom. The zero-order valence-corrected chi connectivity index (χ0v) is 15.7. The van der Waals surface area contributed by atoms with Crippen LogP contribution < -0.4 is 19.9 Å². The van der Waals surface area contributed by atoms with E-state index in [1.54, 1.807) is 12.1 Å². The molecule has 0 unspecified atom stereocenters. The molecule has 1 fully saturated rings. The number of hydrogen-bond donors (Lipinski definition) is 2. The summed E-state index contributed by atoms with van der Waals surface area (Å²) in [6, 6.07) is 16.8. The third-order valence-corrected chi connectivity index (χ3v) is 4.89. The van der Waals surface area contributed by atoms with E-state index in [2.05, 4.69) is 27.1 Å². The average molecular weight is 390 g/mol. The van der Waals surface area contributed by atoms with Crippen molar-refractivity contribution in [2.24, 2.45) is 0 Å². The Labute approximate surface area is 163 Å². The molecule has 0 atom stereocenters. The van der Waals surface area contributed by atoms with E-state index in [0.717, 1.165) is 31.7 Å².